The minimum Gasteiger partial charge on any atom is -0.486 e. The average molecular weight is 517 g/mol. The number of esters is 1. The molecule has 0 heterocycles. The zero-order valence-corrected chi connectivity index (χ0v) is 22.6. The fraction of sp³-hybridized carbons (Fsp3) is 0.516. The van der Waals surface area contributed by atoms with E-state index in [1.807, 2.05) is 24.3 Å². The first-order chi connectivity index (χ1) is 17.8. The van der Waals surface area contributed by atoms with E-state index in [0.29, 0.717) is 30.9 Å². The lowest BCUT2D eigenvalue weighted by Crippen LogP contribution is -2.12. The Morgan fingerprint density at radius 3 is 2.00 bits per heavy atom. The predicted octanol–water partition coefficient (Wildman–Crippen LogP) is 8.78. The Bertz CT molecular complexity index is 944. The lowest BCUT2D eigenvalue weighted by molar-refractivity contribution is -0.144. The molecular formula is C31H42F2O4. The quantitative estimate of drug-likeness (QED) is 0.156. The first-order valence-electron chi connectivity index (χ1n) is 13.4. The van der Waals surface area contributed by atoms with Crippen LogP contribution in [0.2, 0.25) is 0 Å². The summed E-state index contributed by atoms with van der Waals surface area (Å²) in [6.45, 7) is 7.47. The summed E-state index contributed by atoms with van der Waals surface area (Å²) in [5.74, 6) is 1.06. The van der Waals surface area contributed by atoms with Crippen molar-refractivity contribution < 1.29 is 27.8 Å². The van der Waals surface area contributed by atoms with Gasteiger partial charge in [-0.3, -0.25) is 4.79 Å². The fourth-order valence-electron chi connectivity index (χ4n) is 3.84. The van der Waals surface area contributed by atoms with Crippen molar-refractivity contribution >= 4 is 5.97 Å². The molecule has 2 aromatic carbocycles. The number of carbonyl (C=O) groups is 1. The van der Waals surface area contributed by atoms with E-state index in [0.717, 1.165) is 56.6 Å². The molecule has 0 bridgehead atoms. The first-order valence-corrected chi connectivity index (χ1v) is 13.4. The van der Waals surface area contributed by atoms with Gasteiger partial charge in [0.25, 0.3) is 6.08 Å². The summed E-state index contributed by atoms with van der Waals surface area (Å²) >= 11 is 0. The maximum atomic E-state index is 12.0. The number of rotatable bonds is 17. The van der Waals surface area contributed by atoms with Crippen LogP contribution in [0.25, 0.3) is 0 Å². The van der Waals surface area contributed by atoms with Crippen LogP contribution >= 0.6 is 0 Å². The molecule has 0 amide bonds. The second kappa shape index (κ2) is 16.8. The van der Waals surface area contributed by atoms with E-state index in [-0.39, 0.29) is 24.6 Å². The smallest absolute Gasteiger partial charge is 0.305 e. The molecule has 0 aromatic heterocycles. The molecule has 2 rings (SSSR count). The van der Waals surface area contributed by atoms with E-state index in [2.05, 4.69) is 45.0 Å². The lowest BCUT2D eigenvalue weighted by Gasteiger charge is -2.19. The van der Waals surface area contributed by atoms with Gasteiger partial charge in [-0.2, -0.15) is 8.78 Å². The molecule has 204 valence electrons. The van der Waals surface area contributed by atoms with E-state index in [1.54, 1.807) is 0 Å². The Balaban J connectivity index is 1.57. The highest BCUT2D eigenvalue weighted by Gasteiger charge is 2.13. The molecule has 0 aliphatic rings. The maximum Gasteiger partial charge on any atom is 0.305 e. The summed E-state index contributed by atoms with van der Waals surface area (Å²) in [7, 11) is 0. The number of unbranched alkanes of at least 4 members (excludes halogenated alkanes) is 7. The van der Waals surface area contributed by atoms with Gasteiger partial charge < -0.3 is 14.2 Å². The van der Waals surface area contributed by atoms with Gasteiger partial charge in [0, 0.05) is 6.42 Å². The molecular weight excluding hydrogens is 474 g/mol. The molecule has 0 aliphatic carbocycles. The van der Waals surface area contributed by atoms with E-state index in [1.165, 1.54) is 5.56 Å². The minimum absolute atomic E-state index is 0.115. The molecule has 0 unspecified atom stereocenters. The van der Waals surface area contributed by atoms with Crippen LogP contribution in [0, 0.1) is 0 Å². The summed E-state index contributed by atoms with van der Waals surface area (Å²) < 4.78 is 40.9. The molecule has 4 nitrogen and oxygen atoms in total. The minimum atomic E-state index is -1.59. The highest BCUT2D eigenvalue weighted by Crippen LogP contribution is 2.28. The second-order valence-electron chi connectivity index (χ2n) is 10.3. The SMILES string of the molecule is CC(C)(C)c1ccc(COc2ccccc2OCCOC(=O)CCCCCCCCCC=C(F)F)cc1. The van der Waals surface area contributed by atoms with Crippen molar-refractivity contribution in [1.82, 2.24) is 0 Å². The number of carbonyl (C=O) groups excluding carboxylic acids is 1. The van der Waals surface area contributed by atoms with Gasteiger partial charge in [0.2, 0.25) is 0 Å². The van der Waals surface area contributed by atoms with Gasteiger partial charge in [-0.25, -0.2) is 0 Å². The number of benzene rings is 2. The Kier molecular flexibility index (Phi) is 13.8. The number of para-hydroxylation sites is 2. The summed E-state index contributed by atoms with van der Waals surface area (Å²) in [4.78, 5) is 12.0. The monoisotopic (exact) mass is 516 g/mol. The molecule has 37 heavy (non-hydrogen) atoms. The topological polar surface area (TPSA) is 44.8 Å². The summed E-state index contributed by atoms with van der Waals surface area (Å²) in [5.41, 5.74) is 2.48. The predicted molar refractivity (Wildman–Crippen MR) is 144 cm³/mol. The van der Waals surface area contributed by atoms with E-state index in [9.17, 15) is 13.6 Å². The van der Waals surface area contributed by atoms with Crippen LogP contribution in [0.5, 0.6) is 11.5 Å². The van der Waals surface area contributed by atoms with Gasteiger partial charge >= 0.3 is 5.97 Å². The molecule has 2 aromatic rings. The number of hydrogen-bond acceptors (Lipinski definition) is 4. The number of allylic oxidation sites excluding steroid dienone is 1. The van der Waals surface area contributed by atoms with Crippen molar-refractivity contribution in [2.75, 3.05) is 13.2 Å². The third kappa shape index (κ3) is 13.3. The summed E-state index contributed by atoms with van der Waals surface area (Å²) in [6, 6.07) is 15.9. The Morgan fingerprint density at radius 1 is 0.784 bits per heavy atom. The van der Waals surface area contributed by atoms with Crippen molar-refractivity contribution in [2.45, 2.75) is 90.6 Å². The number of ether oxygens (including phenoxy) is 3. The van der Waals surface area contributed by atoms with Crippen LogP contribution in [-0.2, 0) is 21.6 Å². The molecule has 0 atom stereocenters. The van der Waals surface area contributed by atoms with E-state index >= 15 is 0 Å². The molecule has 0 N–H and O–H groups in total. The van der Waals surface area contributed by atoms with Crippen molar-refractivity contribution in [3.8, 4) is 11.5 Å². The lowest BCUT2D eigenvalue weighted by atomic mass is 9.87. The standard InChI is InChI=1S/C31H42F2O4/c1-31(2,3)26-20-18-25(19-21-26)24-37-28-15-13-12-14-27(28)35-22-23-36-30(34)17-11-9-7-5-4-6-8-10-16-29(32)33/h12-16,18-21H,4-11,17,22-24H2,1-3H3. The number of halogens is 2. The normalized spacial score (nSPS) is 11.2. The molecule has 0 saturated carbocycles. The third-order valence-corrected chi connectivity index (χ3v) is 6.05. The number of hydrogen-bond donors (Lipinski definition) is 0. The summed E-state index contributed by atoms with van der Waals surface area (Å²) in [6.07, 6.45) is 6.91. The molecule has 0 radical (unpaired) electrons. The zero-order chi connectivity index (χ0) is 26.9. The van der Waals surface area contributed by atoms with Crippen LogP contribution in [0.4, 0.5) is 8.78 Å². The van der Waals surface area contributed by atoms with Crippen LogP contribution in [-0.4, -0.2) is 19.2 Å². The van der Waals surface area contributed by atoms with Crippen LogP contribution in [0.15, 0.2) is 60.7 Å². The highest BCUT2D eigenvalue weighted by molar-refractivity contribution is 5.69. The highest BCUT2D eigenvalue weighted by atomic mass is 19.3. The first kappa shape index (κ1) is 30.3. The van der Waals surface area contributed by atoms with Crippen molar-refractivity contribution in [2.24, 2.45) is 0 Å². The largest absolute Gasteiger partial charge is 0.486 e. The molecule has 0 fully saturated rings. The fourth-order valence-corrected chi connectivity index (χ4v) is 3.84. The van der Waals surface area contributed by atoms with E-state index in [4.69, 9.17) is 14.2 Å². The van der Waals surface area contributed by atoms with Gasteiger partial charge in [-0.1, -0.05) is 89.3 Å². The average Bonchev–Trinajstić information content (AvgIpc) is 2.86. The van der Waals surface area contributed by atoms with Crippen molar-refractivity contribution in [3.63, 3.8) is 0 Å². The Morgan fingerprint density at radius 2 is 1.38 bits per heavy atom. The van der Waals surface area contributed by atoms with Crippen molar-refractivity contribution in [3.05, 3.63) is 71.8 Å². The van der Waals surface area contributed by atoms with Crippen LogP contribution in [0.1, 0.15) is 89.7 Å². The van der Waals surface area contributed by atoms with Crippen molar-refractivity contribution in [1.29, 1.82) is 0 Å². The zero-order valence-electron chi connectivity index (χ0n) is 22.6. The van der Waals surface area contributed by atoms with Gasteiger partial charge in [-0.05, 0) is 54.0 Å². The van der Waals surface area contributed by atoms with Crippen LogP contribution in [0.3, 0.4) is 0 Å². The molecule has 0 aliphatic heterocycles. The van der Waals surface area contributed by atoms with Crippen LogP contribution < -0.4 is 9.47 Å². The molecule has 0 saturated heterocycles. The third-order valence-electron chi connectivity index (χ3n) is 6.05. The van der Waals surface area contributed by atoms with Gasteiger partial charge in [0.05, 0.1) is 0 Å². The maximum absolute atomic E-state index is 12.0. The Hall–Kier alpha value is -2.89. The summed E-state index contributed by atoms with van der Waals surface area (Å²) in [5, 5.41) is 0. The second-order valence-corrected chi connectivity index (χ2v) is 10.3. The molecule has 0 spiro atoms. The van der Waals surface area contributed by atoms with Gasteiger partial charge in [0.1, 0.15) is 19.8 Å². The molecule has 6 heteroatoms. The van der Waals surface area contributed by atoms with E-state index < -0.39 is 6.08 Å². The van der Waals surface area contributed by atoms with Gasteiger partial charge in [-0.15, -0.1) is 0 Å². The Labute approximate surface area is 221 Å². The van der Waals surface area contributed by atoms with Gasteiger partial charge in [0.15, 0.2) is 11.5 Å².